The van der Waals surface area contributed by atoms with Crippen molar-refractivity contribution in [2.45, 2.75) is 46.6 Å². The minimum absolute atomic E-state index is 0.0428. The fraction of sp³-hybridized carbons (Fsp3) is 0.533. The number of rotatable bonds is 3. The Bertz CT molecular complexity index is 430. The summed E-state index contributed by atoms with van der Waals surface area (Å²) < 4.78 is 5.97. The number of ketones is 1. The molecule has 0 heterocycles. The molecule has 0 N–H and O–H groups in total. The largest absolute Gasteiger partial charge is 0.489 e. The van der Waals surface area contributed by atoms with Gasteiger partial charge in [-0.1, -0.05) is 13.0 Å². The molecule has 0 bridgehead atoms. The molecule has 2 atom stereocenters. The predicted molar refractivity (Wildman–Crippen MR) is 68.4 cm³/mol. The molecular weight excluding hydrogens is 212 g/mol. The SMILES string of the molecule is CCC1(C)C(=O)CC1Oc1cc(C)cc(C)c1. The van der Waals surface area contributed by atoms with Crippen LogP contribution in [-0.4, -0.2) is 11.9 Å². The van der Waals surface area contributed by atoms with Crippen LogP contribution in [0, 0.1) is 19.3 Å². The van der Waals surface area contributed by atoms with Gasteiger partial charge < -0.3 is 4.74 Å². The van der Waals surface area contributed by atoms with Gasteiger partial charge in [-0.15, -0.1) is 0 Å². The van der Waals surface area contributed by atoms with Gasteiger partial charge in [0.15, 0.2) is 0 Å². The third-order valence-corrected chi connectivity index (χ3v) is 3.93. The zero-order valence-corrected chi connectivity index (χ0v) is 11.0. The molecule has 2 unspecified atom stereocenters. The second kappa shape index (κ2) is 4.17. The molecule has 0 spiro atoms. The van der Waals surface area contributed by atoms with Crippen molar-refractivity contribution in [2.75, 3.05) is 0 Å². The van der Waals surface area contributed by atoms with Crippen LogP contribution in [0.3, 0.4) is 0 Å². The first-order valence-corrected chi connectivity index (χ1v) is 6.24. The van der Waals surface area contributed by atoms with Crippen molar-refractivity contribution < 1.29 is 9.53 Å². The van der Waals surface area contributed by atoms with Gasteiger partial charge >= 0.3 is 0 Å². The molecule has 2 heteroatoms. The Morgan fingerprint density at radius 1 is 1.29 bits per heavy atom. The van der Waals surface area contributed by atoms with Gasteiger partial charge in [0, 0.05) is 6.42 Å². The highest BCUT2D eigenvalue weighted by atomic mass is 16.5. The average molecular weight is 232 g/mol. The fourth-order valence-electron chi connectivity index (χ4n) is 2.44. The smallest absolute Gasteiger partial charge is 0.146 e. The Kier molecular flexibility index (Phi) is 2.98. The van der Waals surface area contributed by atoms with E-state index in [1.54, 1.807) is 0 Å². The van der Waals surface area contributed by atoms with E-state index in [0.29, 0.717) is 12.2 Å². The van der Waals surface area contributed by atoms with Crippen LogP contribution in [0.15, 0.2) is 18.2 Å². The van der Waals surface area contributed by atoms with E-state index in [-0.39, 0.29) is 11.5 Å². The molecule has 1 aliphatic carbocycles. The maximum atomic E-state index is 11.6. The molecule has 1 aromatic carbocycles. The van der Waals surface area contributed by atoms with Crippen molar-refractivity contribution in [1.82, 2.24) is 0 Å². The highest BCUT2D eigenvalue weighted by Gasteiger charge is 2.51. The van der Waals surface area contributed by atoms with E-state index in [1.807, 2.05) is 19.1 Å². The lowest BCUT2D eigenvalue weighted by Crippen LogP contribution is -2.54. The molecular formula is C15H20O2. The van der Waals surface area contributed by atoms with E-state index in [0.717, 1.165) is 12.2 Å². The van der Waals surface area contributed by atoms with Gasteiger partial charge in [0.05, 0.1) is 5.41 Å². The topological polar surface area (TPSA) is 26.3 Å². The summed E-state index contributed by atoms with van der Waals surface area (Å²) in [6.45, 7) is 8.18. The standard InChI is InChI=1S/C15H20O2/c1-5-15(4)13(16)9-14(15)17-12-7-10(2)6-11(3)8-12/h6-8,14H,5,9H2,1-4H3. The van der Waals surface area contributed by atoms with E-state index in [9.17, 15) is 4.79 Å². The third kappa shape index (κ3) is 2.08. The number of benzene rings is 1. The van der Waals surface area contributed by atoms with Gasteiger partial charge in [-0.3, -0.25) is 4.79 Å². The maximum absolute atomic E-state index is 11.6. The van der Waals surface area contributed by atoms with Crippen LogP contribution in [0.25, 0.3) is 0 Å². The number of Topliss-reactive ketones (excluding diaryl/α,β-unsaturated/α-hetero) is 1. The lowest BCUT2D eigenvalue weighted by atomic mass is 9.64. The quantitative estimate of drug-likeness (QED) is 0.798. The average Bonchev–Trinajstić information content (AvgIpc) is 2.26. The van der Waals surface area contributed by atoms with Crippen LogP contribution in [0.2, 0.25) is 0 Å². The van der Waals surface area contributed by atoms with Crippen LogP contribution < -0.4 is 4.74 Å². The van der Waals surface area contributed by atoms with Gasteiger partial charge in [-0.25, -0.2) is 0 Å². The monoisotopic (exact) mass is 232 g/mol. The number of hydrogen-bond donors (Lipinski definition) is 0. The van der Waals surface area contributed by atoms with Crippen molar-refractivity contribution in [2.24, 2.45) is 5.41 Å². The highest BCUT2D eigenvalue weighted by Crippen LogP contribution is 2.42. The first-order valence-electron chi connectivity index (χ1n) is 6.24. The Morgan fingerprint density at radius 2 is 1.88 bits per heavy atom. The first kappa shape index (κ1) is 12.2. The summed E-state index contributed by atoms with van der Waals surface area (Å²) >= 11 is 0. The highest BCUT2D eigenvalue weighted by molar-refractivity contribution is 5.92. The molecule has 17 heavy (non-hydrogen) atoms. The molecule has 2 rings (SSSR count). The van der Waals surface area contributed by atoms with E-state index < -0.39 is 0 Å². The summed E-state index contributed by atoms with van der Waals surface area (Å²) in [7, 11) is 0. The van der Waals surface area contributed by atoms with Crippen LogP contribution in [0.1, 0.15) is 37.8 Å². The van der Waals surface area contributed by atoms with Crippen LogP contribution >= 0.6 is 0 Å². The number of carbonyl (C=O) groups excluding carboxylic acids is 1. The normalized spacial score (nSPS) is 27.8. The van der Waals surface area contributed by atoms with Crippen molar-refractivity contribution in [3.63, 3.8) is 0 Å². The van der Waals surface area contributed by atoms with Crippen molar-refractivity contribution >= 4 is 5.78 Å². The molecule has 92 valence electrons. The Balaban J connectivity index is 2.14. The number of hydrogen-bond acceptors (Lipinski definition) is 2. The molecule has 1 fully saturated rings. The second-order valence-electron chi connectivity index (χ2n) is 5.33. The van der Waals surface area contributed by atoms with Crippen LogP contribution in [0.4, 0.5) is 0 Å². The van der Waals surface area contributed by atoms with Crippen LogP contribution in [-0.2, 0) is 4.79 Å². The minimum Gasteiger partial charge on any atom is -0.489 e. The second-order valence-corrected chi connectivity index (χ2v) is 5.33. The van der Waals surface area contributed by atoms with Gasteiger partial charge in [-0.2, -0.15) is 0 Å². The molecule has 1 saturated carbocycles. The fourth-order valence-corrected chi connectivity index (χ4v) is 2.44. The first-order chi connectivity index (χ1) is 7.95. The summed E-state index contributed by atoms with van der Waals surface area (Å²) in [5.41, 5.74) is 2.12. The summed E-state index contributed by atoms with van der Waals surface area (Å²) in [6.07, 6.45) is 1.44. The van der Waals surface area contributed by atoms with Crippen molar-refractivity contribution in [3.05, 3.63) is 29.3 Å². The number of aryl methyl sites for hydroxylation is 2. The molecule has 1 aromatic rings. The van der Waals surface area contributed by atoms with Gasteiger partial charge in [0.2, 0.25) is 0 Å². The third-order valence-electron chi connectivity index (χ3n) is 3.93. The zero-order valence-electron chi connectivity index (χ0n) is 11.0. The summed E-state index contributed by atoms with van der Waals surface area (Å²) in [5.74, 6) is 1.22. The lowest BCUT2D eigenvalue weighted by Gasteiger charge is -2.44. The Morgan fingerprint density at radius 3 is 2.35 bits per heavy atom. The van der Waals surface area contributed by atoms with E-state index >= 15 is 0 Å². The number of ether oxygens (including phenoxy) is 1. The molecule has 2 nitrogen and oxygen atoms in total. The molecule has 1 aliphatic rings. The van der Waals surface area contributed by atoms with E-state index in [1.165, 1.54) is 11.1 Å². The van der Waals surface area contributed by atoms with Gasteiger partial charge in [-0.05, 0) is 50.5 Å². The Hall–Kier alpha value is -1.31. The minimum atomic E-state index is -0.280. The Labute approximate surface area is 103 Å². The molecule has 0 aromatic heterocycles. The summed E-state index contributed by atoms with van der Waals surface area (Å²) in [5, 5.41) is 0. The van der Waals surface area contributed by atoms with Crippen LogP contribution in [0.5, 0.6) is 5.75 Å². The van der Waals surface area contributed by atoms with E-state index in [2.05, 4.69) is 26.8 Å². The maximum Gasteiger partial charge on any atom is 0.146 e. The van der Waals surface area contributed by atoms with Crippen molar-refractivity contribution in [3.8, 4) is 5.75 Å². The predicted octanol–water partition coefficient (Wildman–Crippen LogP) is 3.44. The zero-order chi connectivity index (χ0) is 12.6. The number of carbonyl (C=O) groups is 1. The molecule has 0 amide bonds. The van der Waals surface area contributed by atoms with Gasteiger partial charge in [0.1, 0.15) is 17.6 Å². The summed E-state index contributed by atoms with van der Waals surface area (Å²) in [6, 6.07) is 6.19. The molecule has 0 radical (unpaired) electrons. The summed E-state index contributed by atoms with van der Waals surface area (Å²) in [4.78, 5) is 11.6. The van der Waals surface area contributed by atoms with Crippen molar-refractivity contribution in [1.29, 1.82) is 0 Å². The van der Waals surface area contributed by atoms with Gasteiger partial charge in [0.25, 0.3) is 0 Å². The lowest BCUT2D eigenvalue weighted by molar-refractivity contribution is -0.150. The molecule has 0 saturated heterocycles. The molecule has 0 aliphatic heterocycles. The van der Waals surface area contributed by atoms with E-state index in [4.69, 9.17) is 4.74 Å².